The molecule has 1 aromatic heterocycles. The van der Waals surface area contributed by atoms with E-state index in [1.807, 2.05) is 0 Å². The smallest absolute Gasteiger partial charge is 0.435 e. The molecule has 0 radical (unpaired) electrons. The van der Waals surface area contributed by atoms with Crippen molar-refractivity contribution in [3.8, 4) is 0 Å². The Labute approximate surface area is 134 Å². The second-order valence-corrected chi connectivity index (χ2v) is 8.13. The minimum atomic E-state index is -4.51. The van der Waals surface area contributed by atoms with Crippen molar-refractivity contribution in [3.63, 3.8) is 0 Å². The maximum absolute atomic E-state index is 13.4. The van der Waals surface area contributed by atoms with Gasteiger partial charge in [0.2, 0.25) is 0 Å². The molecule has 0 N–H and O–H groups in total. The van der Waals surface area contributed by atoms with Crippen LogP contribution in [0.3, 0.4) is 0 Å². The molecule has 1 aliphatic carbocycles. The molecule has 1 saturated heterocycles. The summed E-state index contributed by atoms with van der Waals surface area (Å²) in [6, 6.07) is 0. The van der Waals surface area contributed by atoms with Gasteiger partial charge in [0.15, 0.2) is 5.69 Å². The molecule has 0 atom stereocenters. The van der Waals surface area contributed by atoms with Crippen molar-refractivity contribution in [3.05, 3.63) is 17.0 Å². The van der Waals surface area contributed by atoms with Gasteiger partial charge in [0, 0.05) is 22.8 Å². The molecular formula is C13H15F3N2O2S2. The first-order valence-corrected chi connectivity index (χ1v) is 8.95. The van der Waals surface area contributed by atoms with Crippen molar-refractivity contribution in [2.24, 2.45) is 0 Å². The third-order valence-corrected chi connectivity index (χ3v) is 7.27. The summed E-state index contributed by atoms with van der Waals surface area (Å²) in [6.45, 7) is 1.59. The van der Waals surface area contributed by atoms with Crippen molar-refractivity contribution in [2.45, 2.75) is 36.6 Å². The number of hydrogen-bond acceptors (Lipinski definition) is 5. The van der Waals surface area contributed by atoms with Gasteiger partial charge in [-0.15, -0.1) is 23.5 Å². The number of thioether (sulfide) groups is 2. The maximum Gasteiger partial charge on any atom is 0.435 e. The van der Waals surface area contributed by atoms with Gasteiger partial charge in [-0.3, -0.25) is 9.48 Å². The molecule has 22 heavy (non-hydrogen) atoms. The average molecular weight is 352 g/mol. The van der Waals surface area contributed by atoms with Gasteiger partial charge in [-0.1, -0.05) is 0 Å². The molecule has 0 bridgehead atoms. The molecule has 1 fully saturated rings. The predicted molar refractivity (Wildman–Crippen MR) is 78.8 cm³/mol. The topological polar surface area (TPSA) is 44.1 Å². The third-order valence-electron chi connectivity index (χ3n) is 3.74. The number of alkyl halides is 3. The van der Waals surface area contributed by atoms with Crippen LogP contribution in [0.1, 0.15) is 30.3 Å². The normalized spacial score (nSPS) is 19.6. The van der Waals surface area contributed by atoms with Crippen LogP contribution in [0.25, 0.3) is 0 Å². The predicted octanol–water partition coefficient (Wildman–Crippen LogP) is 3.04. The van der Waals surface area contributed by atoms with Crippen LogP contribution in [0.15, 0.2) is 0 Å². The largest absolute Gasteiger partial charge is 0.465 e. The molecule has 0 saturated carbocycles. The Morgan fingerprint density at radius 1 is 1.41 bits per heavy atom. The summed E-state index contributed by atoms with van der Waals surface area (Å²) in [5.41, 5.74) is -0.0368. The molecular weight excluding hydrogens is 337 g/mol. The lowest BCUT2D eigenvalue weighted by atomic mass is 10.2. The minimum absolute atomic E-state index is 0.198. The van der Waals surface area contributed by atoms with Gasteiger partial charge in [-0.2, -0.15) is 18.3 Å². The van der Waals surface area contributed by atoms with Crippen LogP contribution in [-0.2, 0) is 32.8 Å². The summed E-state index contributed by atoms with van der Waals surface area (Å²) in [4.78, 5) is 11.6. The van der Waals surface area contributed by atoms with Gasteiger partial charge >= 0.3 is 12.1 Å². The summed E-state index contributed by atoms with van der Waals surface area (Å²) >= 11 is 3.12. The second-order valence-electron chi connectivity index (χ2n) is 5.08. The fourth-order valence-corrected chi connectivity index (χ4v) is 6.33. The van der Waals surface area contributed by atoms with Crippen molar-refractivity contribution >= 4 is 29.5 Å². The number of esters is 1. The van der Waals surface area contributed by atoms with Crippen LogP contribution in [0.2, 0.25) is 0 Å². The Morgan fingerprint density at radius 3 is 2.68 bits per heavy atom. The SMILES string of the molecule is CCOC(=O)Cn1nc(C(F)(F)F)c2c1CCC21SCCS1. The van der Waals surface area contributed by atoms with Gasteiger partial charge in [-0.05, 0) is 19.8 Å². The number of halogens is 3. The first kappa shape index (κ1) is 16.0. The van der Waals surface area contributed by atoms with Crippen molar-refractivity contribution in [1.29, 1.82) is 0 Å². The summed E-state index contributed by atoms with van der Waals surface area (Å²) in [5, 5.41) is 3.71. The van der Waals surface area contributed by atoms with Crippen molar-refractivity contribution < 1.29 is 22.7 Å². The number of fused-ring (bicyclic) bond motifs is 2. The van der Waals surface area contributed by atoms with E-state index in [0.29, 0.717) is 18.5 Å². The number of hydrogen-bond donors (Lipinski definition) is 0. The number of ether oxygens (including phenoxy) is 1. The van der Waals surface area contributed by atoms with E-state index in [1.165, 1.54) is 4.68 Å². The average Bonchev–Trinajstić information content (AvgIpc) is 3.09. The Hall–Kier alpha value is -0.830. The molecule has 122 valence electrons. The van der Waals surface area contributed by atoms with Crippen LogP contribution < -0.4 is 0 Å². The van der Waals surface area contributed by atoms with Crippen molar-refractivity contribution in [2.75, 3.05) is 18.1 Å². The van der Waals surface area contributed by atoms with Crippen LogP contribution in [0, 0.1) is 0 Å². The van der Waals surface area contributed by atoms with Gasteiger partial charge < -0.3 is 4.74 Å². The van der Waals surface area contributed by atoms with Crippen LogP contribution in [0.4, 0.5) is 13.2 Å². The second kappa shape index (κ2) is 5.67. The lowest BCUT2D eigenvalue weighted by molar-refractivity contribution is -0.146. The molecule has 1 aliphatic heterocycles. The lowest BCUT2D eigenvalue weighted by Gasteiger charge is -2.22. The van der Waals surface area contributed by atoms with E-state index in [0.717, 1.165) is 11.5 Å². The van der Waals surface area contributed by atoms with Crippen LogP contribution in [-0.4, -0.2) is 33.9 Å². The zero-order valence-electron chi connectivity index (χ0n) is 11.9. The van der Waals surface area contributed by atoms with Gasteiger partial charge in [-0.25, -0.2) is 0 Å². The summed E-state index contributed by atoms with van der Waals surface area (Å²) < 4.78 is 45.6. The highest BCUT2D eigenvalue weighted by Crippen LogP contribution is 2.61. The molecule has 1 spiro atoms. The molecule has 0 aromatic carbocycles. The molecule has 0 amide bonds. The highest BCUT2D eigenvalue weighted by molar-refractivity contribution is 8.20. The monoisotopic (exact) mass is 352 g/mol. The number of carbonyl (C=O) groups excluding carboxylic acids is 1. The fourth-order valence-electron chi connectivity index (χ4n) is 2.96. The molecule has 2 heterocycles. The number of nitrogens with zero attached hydrogens (tertiary/aromatic N) is 2. The number of aromatic nitrogens is 2. The Balaban J connectivity index is 2.03. The molecule has 0 unspecified atom stereocenters. The maximum atomic E-state index is 13.4. The zero-order valence-corrected chi connectivity index (χ0v) is 13.5. The van der Waals surface area contributed by atoms with E-state index in [2.05, 4.69) is 5.10 Å². The highest BCUT2D eigenvalue weighted by Gasteiger charge is 2.52. The Morgan fingerprint density at radius 2 is 2.09 bits per heavy atom. The van der Waals surface area contributed by atoms with E-state index in [4.69, 9.17) is 4.74 Å². The molecule has 1 aromatic rings. The van der Waals surface area contributed by atoms with Gasteiger partial charge in [0.1, 0.15) is 6.54 Å². The first-order valence-electron chi connectivity index (χ1n) is 6.98. The zero-order chi connectivity index (χ0) is 16.0. The lowest BCUT2D eigenvalue weighted by Crippen LogP contribution is -2.19. The van der Waals surface area contributed by atoms with Gasteiger partial charge in [0.25, 0.3) is 0 Å². The van der Waals surface area contributed by atoms with Gasteiger partial charge in [0.05, 0.1) is 10.7 Å². The number of carbonyl (C=O) groups is 1. The summed E-state index contributed by atoms with van der Waals surface area (Å²) in [7, 11) is 0. The highest BCUT2D eigenvalue weighted by atomic mass is 32.2. The van der Waals surface area contributed by atoms with E-state index in [9.17, 15) is 18.0 Å². The van der Waals surface area contributed by atoms with E-state index in [-0.39, 0.29) is 18.7 Å². The summed E-state index contributed by atoms with van der Waals surface area (Å²) in [5.74, 6) is 1.11. The minimum Gasteiger partial charge on any atom is -0.465 e. The standard InChI is InChI=1S/C13H15F3N2O2S2/c1-2-20-9(19)7-18-8-3-4-12(21-5-6-22-12)10(8)11(17-18)13(14,15)16/h2-7H2,1H3. The Kier molecular flexibility index (Phi) is 4.13. The van der Waals surface area contributed by atoms with Crippen LogP contribution in [0.5, 0.6) is 0 Å². The third kappa shape index (κ3) is 2.62. The number of rotatable bonds is 3. The van der Waals surface area contributed by atoms with E-state index in [1.54, 1.807) is 30.4 Å². The molecule has 9 heteroatoms. The summed E-state index contributed by atoms with van der Waals surface area (Å²) in [6.07, 6.45) is -3.34. The quantitative estimate of drug-likeness (QED) is 0.783. The van der Waals surface area contributed by atoms with Crippen LogP contribution >= 0.6 is 23.5 Å². The molecule has 2 aliphatic rings. The fraction of sp³-hybridized carbons (Fsp3) is 0.692. The molecule has 3 rings (SSSR count). The first-order chi connectivity index (χ1) is 10.4. The molecule has 4 nitrogen and oxygen atoms in total. The Bertz CT molecular complexity index is 595. The van der Waals surface area contributed by atoms with E-state index >= 15 is 0 Å². The van der Waals surface area contributed by atoms with Crippen molar-refractivity contribution in [1.82, 2.24) is 9.78 Å². The van der Waals surface area contributed by atoms with E-state index < -0.39 is 21.9 Å².